The van der Waals surface area contributed by atoms with Gasteiger partial charge in [0.25, 0.3) is 5.91 Å². The van der Waals surface area contributed by atoms with Crippen LogP contribution in [0.2, 0.25) is 0 Å². The fourth-order valence-electron chi connectivity index (χ4n) is 2.92. The summed E-state index contributed by atoms with van der Waals surface area (Å²) in [5.74, 6) is 1.54. The molecule has 0 fully saturated rings. The van der Waals surface area contributed by atoms with Crippen molar-refractivity contribution >= 4 is 5.91 Å². The summed E-state index contributed by atoms with van der Waals surface area (Å²) in [4.78, 5) is 14.6. The Labute approximate surface area is 150 Å². The van der Waals surface area contributed by atoms with Crippen LogP contribution < -0.4 is 9.47 Å². The highest BCUT2D eigenvalue weighted by Crippen LogP contribution is 2.33. The monoisotopic (exact) mass is 353 g/mol. The van der Waals surface area contributed by atoms with Crippen LogP contribution in [0.25, 0.3) is 0 Å². The highest BCUT2D eigenvalue weighted by molar-refractivity contribution is 5.91. The van der Waals surface area contributed by atoms with Crippen molar-refractivity contribution in [3.05, 3.63) is 65.4 Å². The SMILES string of the molecule is Cc1cc(CN(Cc2ccc3c(c2)OCO3)C(=O)c2ccco2)nn1C. The van der Waals surface area contributed by atoms with E-state index < -0.39 is 0 Å². The van der Waals surface area contributed by atoms with Crippen LogP contribution in [0.3, 0.4) is 0 Å². The van der Waals surface area contributed by atoms with E-state index in [2.05, 4.69) is 5.10 Å². The van der Waals surface area contributed by atoms with Crippen molar-refractivity contribution in [1.82, 2.24) is 14.7 Å². The average Bonchev–Trinajstić information content (AvgIpc) is 3.36. The third-order valence-corrected chi connectivity index (χ3v) is 4.35. The van der Waals surface area contributed by atoms with E-state index in [9.17, 15) is 4.79 Å². The molecule has 0 atom stereocenters. The van der Waals surface area contributed by atoms with Crippen LogP contribution >= 0.6 is 0 Å². The lowest BCUT2D eigenvalue weighted by molar-refractivity contribution is 0.0695. The molecule has 134 valence electrons. The Balaban J connectivity index is 1.60. The third kappa shape index (κ3) is 3.15. The van der Waals surface area contributed by atoms with Gasteiger partial charge in [0.05, 0.1) is 18.5 Å². The van der Waals surface area contributed by atoms with Gasteiger partial charge in [-0.05, 0) is 42.8 Å². The fraction of sp³-hybridized carbons (Fsp3) is 0.263. The summed E-state index contributed by atoms with van der Waals surface area (Å²) >= 11 is 0. The largest absolute Gasteiger partial charge is 0.459 e. The van der Waals surface area contributed by atoms with Gasteiger partial charge in [0, 0.05) is 19.3 Å². The van der Waals surface area contributed by atoms with Crippen LogP contribution in [0.5, 0.6) is 11.5 Å². The van der Waals surface area contributed by atoms with Gasteiger partial charge in [0.1, 0.15) is 0 Å². The number of hydrogen-bond donors (Lipinski definition) is 0. The molecule has 0 aliphatic carbocycles. The first-order chi connectivity index (χ1) is 12.6. The molecular formula is C19H19N3O4. The molecule has 1 aliphatic rings. The molecule has 1 aromatic carbocycles. The predicted molar refractivity (Wildman–Crippen MR) is 92.8 cm³/mol. The van der Waals surface area contributed by atoms with E-state index >= 15 is 0 Å². The molecule has 1 aliphatic heterocycles. The zero-order valence-electron chi connectivity index (χ0n) is 14.6. The Bertz CT molecular complexity index is 911. The van der Waals surface area contributed by atoms with Gasteiger partial charge in [-0.25, -0.2) is 0 Å². The zero-order chi connectivity index (χ0) is 18.1. The minimum absolute atomic E-state index is 0.184. The molecule has 0 radical (unpaired) electrons. The van der Waals surface area contributed by atoms with Gasteiger partial charge in [-0.15, -0.1) is 0 Å². The lowest BCUT2D eigenvalue weighted by Crippen LogP contribution is -2.30. The maximum atomic E-state index is 12.9. The molecule has 2 aromatic heterocycles. The number of aromatic nitrogens is 2. The Morgan fingerprint density at radius 2 is 2.04 bits per heavy atom. The van der Waals surface area contributed by atoms with E-state index in [0.717, 1.165) is 22.7 Å². The summed E-state index contributed by atoms with van der Waals surface area (Å²) in [5.41, 5.74) is 2.81. The third-order valence-electron chi connectivity index (χ3n) is 4.35. The van der Waals surface area contributed by atoms with E-state index in [0.29, 0.717) is 24.6 Å². The number of carbonyl (C=O) groups excluding carboxylic acids is 1. The molecule has 0 saturated heterocycles. The number of benzene rings is 1. The van der Waals surface area contributed by atoms with Crippen molar-refractivity contribution in [2.45, 2.75) is 20.0 Å². The molecule has 1 amide bonds. The van der Waals surface area contributed by atoms with Gasteiger partial charge in [0.15, 0.2) is 17.3 Å². The molecule has 3 heterocycles. The Morgan fingerprint density at radius 1 is 1.19 bits per heavy atom. The summed E-state index contributed by atoms with van der Waals surface area (Å²) < 4.78 is 17.9. The van der Waals surface area contributed by atoms with E-state index in [1.54, 1.807) is 21.7 Å². The van der Waals surface area contributed by atoms with Gasteiger partial charge < -0.3 is 18.8 Å². The normalized spacial score (nSPS) is 12.4. The molecule has 7 heteroatoms. The van der Waals surface area contributed by atoms with Crippen LogP contribution in [0.15, 0.2) is 47.1 Å². The van der Waals surface area contributed by atoms with E-state index in [-0.39, 0.29) is 12.7 Å². The van der Waals surface area contributed by atoms with Crippen molar-refractivity contribution in [2.75, 3.05) is 6.79 Å². The van der Waals surface area contributed by atoms with Crippen LogP contribution in [-0.2, 0) is 20.1 Å². The van der Waals surface area contributed by atoms with Gasteiger partial charge in [0.2, 0.25) is 6.79 Å². The number of amides is 1. The van der Waals surface area contributed by atoms with Gasteiger partial charge in [-0.3, -0.25) is 9.48 Å². The minimum atomic E-state index is -0.184. The number of fused-ring (bicyclic) bond motifs is 1. The number of carbonyl (C=O) groups is 1. The number of hydrogen-bond acceptors (Lipinski definition) is 5. The lowest BCUT2D eigenvalue weighted by Gasteiger charge is -2.21. The molecule has 3 aromatic rings. The Hall–Kier alpha value is -3.22. The van der Waals surface area contributed by atoms with Gasteiger partial charge in [-0.1, -0.05) is 6.07 Å². The van der Waals surface area contributed by atoms with Crippen molar-refractivity contribution in [2.24, 2.45) is 7.05 Å². The number of ether oxygens (including phenoxy) is 2. The summed E-state index contributed by atoms with van der Waals surface area (Å²) in [7, 11) is 1.88. The molecule has 0 bridgehead atoms. The van der Waals surface area contributed by atoms with Crippen molar-refractivity contribution in [3.8, 4) is 11.5 Å². The van der Waals surface area contributed by atoms with Crippen LogP contribution in [-0.4, -0.2) is 27.4 Å². The summed E-state index contributed by atoms with van der Waals surface area (Å²) in [5, 5.41) is 4.46. The standard InChI is InChI=1S/C19H19N3O4/c1-13-8-15(20-21(13)2)11-22(19(23)17-4-3-7-24-17)10-14-5-6-16-18(9-14)26-12-25-16/h3-9H,10-12H2,1-2H3. The quantitative estimate of drug-likeness (QED) is 0.705. The Kier molecular flexibility index (Phi) is 4.12. The zero-order valence-corrected chi connectivity index (χ0v) is 14.6. The summed E-state index contributed by atoms with van der Waals surface area (Å²) in [6, 6.07) is 11.0. The van der Waals surface area contributed by atoms with Gasteiger partial charge >= 0.3 is 0 Å². The first kappa shape index (κ1) is 16.3. The van der Waals surface area contributed by atoms with E-state index in [4.69, 9.17) is 13.9 Å². The van der Waals surface area contributed by atoms with E-state index in [1.807, 2.05) is 38.2 Å². The minimum Gasteiger partial charge on any atom is -0.459 e. The predicted octanol–water partition coefficient (Wildman–Crippen LogP) is 2.89. The second-order valence-corrected chi connectivity index (χ2v) is 6.23. The molecule has 4 rings (SSSR count). The first-order valence-electron chi connectivity index (χ1n) is 8.31. The smallest absolute Gasteiger partial charge is 0.290 e. The number of rotatable bonds is 5. The maximum absolute atomic E-state index is 12.9. The second-order valence-electron chi connectivity index (χ2n) is 6.23. The number of furan rings is 1. The lowest BCUT2D eigenvalue weighted by atomic mass is 10.1. The van der Waals surface area contributed by atoms with E-state index in [1.165, 1.54) is 6.26 Å². The molecular weight excluding hydrogens is 334 g/mol. The Morgan fingerprint density at radius 3 is 2.77 bits per heavy atom. The first-order valence-corrected chi connectivity index (χ1v) is 8.31. The molecule has 0 saturated carbocycles. The molecule has 0 spiro atoms. The molecule has 26 heavy (non-hydrogen) atoms. The molecule has 0 N–H and O–H groups in total. The van der Waals surface area contributed by atoms with Crippen LogP contribution in [0.1, 0.15) is 27.5 Å². The van der Waals surface area contributed by atoms with Crippen molar-refractivity contribution in [1.29, 1.82) is 0 Å². The molecule has 0 unspecified atom stereocenters. The van der Waals surface area contributed by atoms with Crippen molar-refractivity contribution < 1.29 is 18.7 Å². The summed E-state index contributed by atoms with van der Waals surface area (Å²) in [6.45, 7) is 3.00. The van der Waals surface area contributed by atoms with Crippen LogP contribution in [0.4, 0.5) is 0 Å². The average molecular weight is 353 g/mol. The second kappa shape index (κ2) is 6.59. The topological polar surface area (TPSA) is 69.7 Å². The maximum Gasteiger partial charge on any atom is 0.290 e. The highest BCUT2D eigenvalue weighted by Gasteiger charge is 2.22. The number of nitrogens with zero attached hydrogens (tertiary/aromatic N) is 3. The fourth-order valence-corrected chi connectivity index (χ4v) is 2.92. The highest BCUT2D eigenvalue weighted by atomic mass is 16.7. The molecule has 7 nitrogen and oxygen atoms in total. The van der Waals surface area contributed by atoms with Crippen molar-refractivity contribution in [3.63, 3.8) is 0 Å². The summed E-state index contributed by atoms with van der Waals surface area (Å²) in [6.07, 6.45) is 1.50. The number of aryl methyl sites for hydroxylation is 2. The van der Waals surface area contributed by atoms with Gasteiger partial charge in [-0.2, -0.15) is 5.10 Å². The van der Waals surface area contributed by atoms with Crippen LogP contribution in [0, 0.1) is 6.92 Å².